The van der Waals surface area contributed by atoms with Gasteiger partial charge in [0.1, 0.15) is 5.00 Å². The summed E-state index contributed by atoms with van der Waals surface area (Å²) in [4.78, 5) is 27.5. The zero-order chi connectivity index (χ0) is 25.7. The summed E-state index contributed by atoms with van der Waals surface area (Å²) in [6.45, 7) is 9.78. The van der Waals surface area contributed by atoms with Gasteiger partial charge in [-0.05, 0) is 79.3 Å². The lowest BCUT2D eigenvalue weighted by Crippen LogP contribution is -2.30. The van der Waals surface area contributed by atoms with E-state index in [9.17, 15) is 9.59 Å². The Morgan fingerprint density at radius 2 is 1.81 bits per heavy atom. The van der Waals surface area contributed by atoms with Gasteiger partial charge in [0.05, 0.1) is 12.1 Å². The summed E-state index contributed by atoms with van der Waals surface area (Å²) in [5, 5.41) is 10.0. The van der Waals surface area contributed by atoms with E-state index in [1.54, 1.807) is 11.3 Å². The molecule has 1 aliphatic carbocycles. The third-order valence-corrected chi connectivity index (χ3v) is 8.13. The van der Waals surface area contributed by atoms with Crippen molar-refractivity contribution in [2.24, 2.45) is 11.3 Å². The molecule has 3 aromatic rings. The number of aryl methyl sites for hydroxylation is 1. The molecule has 0 aliphatic heterocycles. The van der Waals surface area contributed by atoms with E-state index in [0.29, 0.717) is 23.0 Å². The molecule has 190 valence electrons. The highest BCUT2D eigenvalue weighted by atomic mass is 32.1. The number of hydrogen-bond acceptors (Lipinski definition) is 4. The van der Waals surface area contributed by atoms with E-state index in [0.717, 1.165) is 42.5 Å². The number of anilines is 2. The molecule has 1 heterocycles. The van der Waals surface area contributed by atoms with Crippen molar-refractivity contribution in [3.63, 3.8) is 0 Å². The van der Waals surface area contributed by atoms with Gasteiger partial charge < -0.3 is 16.0 Å². The van der Waals surface area contributed by atoms with Crippen LogP contribution in [0.5, 0.6) is 0 Å². The zero-order valence-corrected chi connectivity index (χ0v) is 22.6. The maximum absolute atomic E-state index is 13.5. The highest BCUT2D eigenvalue weighted by molar-refractivity contribution is 7.17. The van der Waals surface area contributed by atoms with Crippen LogP contribution in [0.3, 0.4) is 0 Å². The van der Waals surface area contributed by atoms with E-state index < -0.39 is 0 Å². The van der Waals surface area contributed by atoms with Crippen LogP contribution < -0.4 is 16.0 Å². The Labute approximate surface area is 218 Å². The van der Waals surface area contributed by atoms with Crippen molar-refractivity contribution >= 4 is 33.8 Å². The van der Waals surface area contributed by atoms with Crippen LogP contribution in [0.25, 0.3) is 0 Å². The third-order valence-electron chi connectivity index (χ3n) is 6.96. The first-order valence-electron chi connectivity index (χ1n) is 12.8. The molecule has 0 spiro atoms. The Morgan fingerprint density at radius 1 is 1.03 bits per heavy atom. The second-order valence-electron chi connectivity index (χ2n) is 10.8. The molecule has 0 bridgehead atoms. The molecular weight excluding hydrogens is 466 g/mol. The summed E-state index contributed by atoms with van der Waals surface area (Å²) >= 11 is 1.57. The lowest BCUT2D eigenvalue weighted by molar-refractivity contribution is -0.115. The molecule has 0 saturated heterocycles. The lowest BCUT2D eigenvalue weighted by atomic mass is 9.72. The molecule has 36 heavy (non-hydrogen) atoms. The largest absolute Gasteiger partial charge is 0.322 e. The Bertz CT molecular complexity index is 1210. The van der Waals surface area contributed by atoms with Crippen molar-refractivity contribution in [2.45, 2.75) is 53.4 Å². The predicted octanol–water partition coefficient (Wildman–Crippen LogP) is 6.23. The van der Waals surface area contributed by atoms with E-state index in [2.05, 4.69) is 48.9 Å². The topological polar surface area (TPSA) is 70.2 Å². The quantitative estimate of drug-likeness (QED) is 0.319. The first-order valence-corrected chi connectivity index (χ1v) is 13.6. The summed E-state index contributed by atoms with van der Waals surface area (Å²) in [7, 11) is 0. The van der Waals surface area contributed by atoms with Crippen LogP contribution in [0.1, 0.15) is 59.1 Å². The first kappa shape index (κ1) is 26.1. The molecular formula is C30H37N3O2S. The Hall–Kier alpha value is -2.96. The van der Waals surface area contributed by atoms with Gasteiger partial charge in [0.15, 0.2) is 0 Å². The van der Waals surface area contributed by atoms with Gasteiger partial charge in [-0.2, -0.15) is 0 Å². The normalized spacial score (nSPS) is 15.3. The van der Waals surface area contributed by atoms with Crippen LogP contribution in [0.15, 0.2) is 54.6 Å². The van der Waals surface area contributed by atoms with Crippen molar-refractivity contribution in [1.82, 2.24) is 5.32 Å². The standard InChI is InChI=1S/C30H37N3O2S/c1-20-9-8-12-23(17-20)32-28(35)27-24-14-13-22(30(2,3)4)18-25(24)36-29(27)33-26(34)19-31-16-15-21-10-6-5-7-11-21/h5-12,17,22,31H,13-16,18-19H2,1-4H3,(H,32,35)(H,33,34). The SMILES string of the molecule is Cc1cccc(NC(=O)c2c(NC(=O)CNCCc3ccccc3)sc3c2CCC(C(C)(C)C)C3)c1. The number of rotatable bonds is 8. The van der Waals surface area contributed by atoms with Crippen LogP contribution in [-0.4, -0.2) is 24.9 Å². The minimum absolute atomic E-state index is 0.126. The lowest BCUT2D eigenvalue weighted by Gasteiger charge is -2.33. The molecule has 2 aromatic carbocycles. The number of nitrogens with one attached hydrogen (secondary N) is 3. The van der Waals surface area contributed by atoms with Crippen LogP contribution in [-0.2, 0) is 24.1 Å². The van der Waals surface area contributed by atoms with Crippen molar-refractivity contribution in [3.8, 4) is 0 Å². The van der Waals surface area contributed by atoms with E-state index >= 15 is 0 Å². The summed E-state index contributed by atoms with van der Waals surface area (Å²) in [5.74, 6) is 0.276. The fraction of sp³-hybridized carbons (Fsp3) is 0.400. The predicted molar refractivity (Wildman–Crippen MR) is 150 cm³/mol. The van der Waals surface area contributed by atoms with Gasteiger partial charge in [-0.25, -0.2) is 0 Å². The molecule has 1 unspecified atom stereocenters. The van der Waals surface area contributed by atoms with Crippen molar-refractivity contribution in [2.75, 3.05) is 23.7 Å². The minimum Gasteiger partial charge on any atom is -0.322 e. The van der Waals surface area contributed by atoms with Crippen molar-refractivity contribution < 1.29 is 9.59 Å². The molecule has 3 N–H and O–H groups in total. The summed E-state index contributed by atoms with van der Waals surface area (Å²) in [6.07, 6.45) is 3.71. The number of fused-ring (bicyclic) bond motifs is 1. The average Bonchev–Trinajstić information content (AvgIpc) is 3.19. The number of carbonyl (C=O) groups excluding carboxylic acids is 2. The number of carbonyl (C=O) groups is 2. The van der Waals surface area contributed by atoms with Crippen LogP contribution >= 0.6 is 11.3 Å². The molecule has 1 aliphatic rings. The van der Waals surface area contributed by atoms with Gasteiger partial charge in [0.2, 0.25) is 5.91 Å². The maximum Gasteiger partial charge on any atom is 0.258 e. The van der Waals surface area contributed by atoms with Gasteiger partial charge in [-0.15, -0.1) is 11.3 Å². The van der Waals surface area contributed by atoms with Crippen LogP contribution in [0, 0.1) is 18.3 Å². The molecule has 1 atom stereocenters. The smallest absolute Gasteiger partial charge is 0.258 e. The molecule has 0 fully saturated rings. The maximum atomic E-state index is 13.5. The minimum atomic E-state index is -0.153. The van der Waals surface area contributed by atoms with Gasteiger partial charge in [0, 0.05) is 10.6 Å². The Balaban J connectivity index is 1.48. The first-order chi connectivity index (χ1) is 17.2. The molecule has 6 heteroatoms. The van der Waals surface area contributed by atoms with Crippen molar-refractivity contribution in [3.05, 3.63) is 81.7 Å². The van der Waals surface area contributed by atoms with Gasteiger partial charge in [-0.3, -0.25) is 9.59 Å². The number of thiophene rings is 1. The van der Waals surface area contributed by atoms with Gasteiger partial charge in [0.25, 0.3) is 5.91 Å². The monoisotopic (exact) mass is 503 g/mol. The van der Waals surface area contributed by atoms with E-state index in [1.807, 2.05) is 49.4 Å². The second-order valence-corrected chi connectivity index (χ2v) is 11.9. The van der Waals surface area contributed by atoms with E-state index in [-0.39, 0.29) is 23.8 Å². The van der Waals surface area contributed by atoms with Crippen molar-refractivity contribution in [1.29, 1.82) is 0 Å². The molecule has 1 aromatic heterocycles. The van der Waals surface area contributed by atoms with Crippen LogP contribution in [0.4, 0.5) is 10.7 Å². The number of hydrogen-bond donors (Lipinski definition) is 3. The second kappa shape index (κ2) is 11.4. The number of benzene rings is 2. The number of amides is 2. The van der Waals surface area contributed by atoms with Crippen LogP contribution in [0.2, 0.25) is 0 Å². The highest BCUT2D eigenvalue weighted by Crippen LogP contribution is 2.44. The fourth-order valence-corrected chi connectivity index (χ4v) is 6.16. The fourth-order valence-electron chi connectivity index (χ4n) is 4.82. The Morgan fingerprint density at radius 3 is 2.53 bits per heavy atom. The molecule has 0 saturated carbocycles. The highest BCUT2D eigenvalue weighted by Gasteiger charge is 2.34. The zero-order valence-electron chi connectivity index (χ0n) is 21.7. The third kappa shape index (κ3) is 6.62. The van der Waals surface area contributed by atoms with E-state index in [1.165, 1.54) is 10.4 Å². The summed E-state index contributed by atoms with van der Waals surface area (Å²) in [5.41, 5.74) is 5.02. The molecule has 4 rings (SSSR count). The molecule has 5 nitrogen and oxygen atoms in total. The average molecular weight is 504 g/mol. The van der Waals surface area contributed by atoms with E-state index in [4.69, 9.17) is 0 Å². The molecule has 0 radical (unpaired) electrons. The summed E-state index contributed by atoms with van der Waals surface area (Å²) < 4.78 is 0. The van der Waals surface area contributed by atoms with Gasteiger partial charge in [-0.1, -0.05) is 63.2 Å². The molecule has 2 amide bonds. The Kier molecular flexibility index (Phi) is 8.27. The summed E-state index contributed by atoms with van der Waals surface area (Å²) in [6, 6.07) is 18.0. The van der Waals surface area contributed by atoms with Gasteiger partial charge >= 0.3 is 0 Å².